The van der Waals surface area contributed by atoms with Gasteiger partial charge in [-0.3, -0.25) is 9.59 Å². The summed E-state index contributed by atoms with van der Waals surface area (Å²) in [5, 5.41) is 0.637. The number of nitrogens with zero attached hydrogens (tertiary/aromatic N) is 2. The fourth-order valence-corrected chi connectivity index (χ4v) is 4.59. The number of aryl methyl sites for hydroxylation is 1. The van der Waals surface area contributed by atoms with Crippen LogP contribution in [0.4, 0.5) is 0 Å². The van der Waals surface area contributed by atoms with Crippen molar-refractivity contribution in [2.45, 2.75) is 13.5 Å². The number of fused-ring (bicyclic) bond motifs is 1. The van der Waals surface area contributed by atoms with Crippen LogP contribution in [0.1, 0.15) is 33.2 Å². The van der Waals surface area contributed by atoms with Crippen LogP contribution in [-0.4, -0.2) is 16.3 Å². The van der Waals surface area contributed by atoms with E-state index in [4.69, 9.17) is 11.6 Å². The summed E-state index contributed by atoms with van der Waals surface area (Å²) >= 11 is 7.76. The minimum atomic E-state index is -0.353. The Labute approximate surface area is 176 Å². The Morgan fingerprint density at radius 2 is 1.55 bits per heavy atom. The van der Waals surface area contributed by atoms with Gasteiger partial charge in [-0.15, -0.1) is 0 Å². The first-order chi connectivity index (χ1) is 14.1. The van der Waals surface area contributed by atoms with Crippen molar-refractivity contribution in [1.82, 2.24) is 4.57 Å². The van der Waals surface area contributed by atoms with Crippen LogP contribution in [0.15, 0.2) is 77.8 Å². The Hall–Kier alpha value is -3.02. The normalized spacial score (nSPS) is 11.7. The number of benzene rings is 3. The average molecular weight is 421 g/mol. The van der Waals surface area contributed by atoms with E-state index >= 15 is 0 Å². The lowest BCUT2D eigenvalue weighted by molar-refractivity contribution is 0.0994. The molecule has 0 aliphatic carbocycles. The van der Waals surface area contributed by atoms with Gasteiger partial charge in [0.15, 0.2) is 10.6 Å². The number of aromatic nitrogens is 1. The molecule has 4 nitrogen and oxygen atoms in total. The molecule has 3 aromatic carbocycles. The molecule has 0 aliphatic rings. The molecule has 0 N–H and O–H groups in total. The number of rotatable bonds is 4. The number of amides is 1. The Balaban J connectivity index is 1.67. The van der Waals surface area contributed by atoms with Gasteiger partial charge in [0.2, 0.25) is 0 Å². The predicted molar refractivity (Wildman–Crippen MR) is 117 cm³/mol. The second-order valence-corrected chi connectivity index (χ2v) is 7.82. The third-order valence-electron chi connectivity index (χ3n) is 4.60. The van der Waals surface area contributed by atoms with E-state index in [1.54, 1.807) is 36.4 Å². The quantitative estimate of drug-likeness (QED) is 0.418. The molecule has 6 heteroatoms. The molecule has 29 heavy (non-hydrogen) atoms. The van der Waals surface area contributed by atoms with Crippen molar-refractivity contribution in [2.24, 2.45) is 4.99 Å². The molecule has 0 atom stereocenters. The van der Waals surface area contributed by atoms with E-state index in [9.17, 15) is 9.59 Å². The first-order valence-electron chi connectivity index (χ1n) is 9.15. The predicted octanol–water partition coefficient (Wildman–Crippen LogP) is 5.35. The highest BCUT2D eigenvalue weighted by atomic mass is 35.5. The van der Waals surface area contributed by atoms with E-state index in [1.165, 1.54) is 11.3 Å². The largest absolute Gasteiger partial charge is 0.315 e. The van der Waals surface area contributed by atoms with Gasteiger partial charge in [-0.05, 0) is 31.2 Å². The number of ketones is 1. The maximum absolute atomic E-state index is 12.7. The topological polar surface area (TPSA) is 51.4 Å². The highest BCUT2D eigenvalue weighted by Crippen LogP contribution is 2.25. The minimum Gasteiger partial charge on any atom is -0.315 e. The van der Waals surface area contributed by atoms with Gasteiger partial charge in [-0.25, -0.2) is 0 Å². The smallest absolute Gasteiger partial charge is 0.279 e. The zero-order chi connectivity index (χ0) is 20.4. The lowest BCUT2D eigenvalue weighted by atomic mass is 10.0. The Kier molecular flexibility index (Phi) is 5.43. The molecule has 0 bridgehead atoms. The van der Waals surface area contributed by atoms with Crippen LogP contribution >= 0.6 is 22.9 Å². The van der Waals surface area contributed by atoms with Gasteiger partial charge in [0.1, 0.15) is 0 Å². The molecule has 0 spiro atoms. The lowest BCUT2D eigenvalue weighted by Crippen LogP contribution is -2.16. The van der Waals surface area contributed by atoms with E-state index in [-0.39, 0.29) is 11.7 Å². The summed E-state index contributed by atoms with van der Waals surface area (Å²) in [6.07, 6.45) is 0. The second kappa shape index (κ2) is 8.15. The summed E-state index contributed by atoms with van der Waals surface area (Å²) in [6, 6.07) is 21.3. The van der Waals surface area contributed by atoms with Crippen LogP contribution in [0, 0.1) is 0 Å². The molecule has 1 aromatic heterocycles. The van der Waals surface area contributed by atoms with Crippen LogP contribution in [0.5, 0.6) is 0 Å². The van der Waals surface area contributed by atoms with Crippen molar-refractivity contribution >= 4 is 44.8 Å². The maximum atomic E-state index is 12.7. The van der Waals surface area contributed by atoms with Gasteiger partial charge in [0.05, 0.1) is 15.2 Å². The number of halogens is 1. The van der Waals surface area contributed by atoms with E-state index < -0.39 is 0 Å². The summed E-state index contributed by atoms with van der Waals surface area (Å²) in [5.74, 6) is -0.432. The molecule has 144 valence electrons. The van der Waals surface area contributed by atoms with Gasteiger partial charge in [0.25, 0.3) is 5.91 Å². The number of carbonyl (C=O) groups excluding carboxylic acids is 2. The fraction of sp³-hybridized carbons (Fsp3) is 0.0870. The van der Waals surface area contributed by atoms with Gasteiger partial charge >= 0.3 is 0 Å². The first-order valence-corrected chi connectivity index (χ1v) is 10.3. The molecule has 0 saturated carbocycles. The number of para-hydroxylation sites is 1. The molecule has 0 saturated heterocycles. The second-order valence-electron chi connectivity index (χ2n) is 6.40. The Morgan fingerprint density at radius 1 is 0.897 bits per heavy atom. The zero-order valence-electron chi connectivity index (χ0n) is 15.6. The Bertz CT molecular complexity index is 1270. The summed E-state index contributed by atoms with van der Waals surface area (Å²) < 4.78 is 2.92. The van der Waals surface area contributed by atoms with Crippen molar-refractivity contribution in [2.75, 3.05) is 0 Å². The third-order valence-corrected chi connectivity index (χ3v) is 5.94. The van der Waals surface area contributed by atoms with Crippen LogP contribution < -0.4 is 4.80 Å². The highest BCUT2D eigenvalue weighted by molar-refractivity contribution is 7.16. The standard InChI is InChI=1S/C23H17ClN2O2S/c1-2-26-20-18(24)9-6-10-19(20)29-23(26)25-22(28)17-13-11-16(12-14-17)21(27)15-7-4-3-5-8-15/h3-14H,2H2,1H3. The van der Waals surface area contributed by atoms with Crippen molar-refractivity contribution in [3.8, 4) is 0 Å². The summed E-state index contributed by atoms with van der Waals surface area (Å²) in [5.41, 5.74) is 2.46. The van der Waals surface area contributed by atoms with Gasteiger partial charge < -0.3 is 4.57 Å². The molecular formula is C23H17ClN2O2S. The monoisotopic (exact) mass is 420 g/mol. The van der Waals surface area contributed by atoms with Crippen molar-refractivity contribution < 1.29 is 9.59 Å². The first kappa shape index (κ1) is 19.3. The van der Waals surface area contributed by atoms with Gasteiger partial charge in [-0.2, -0.15) is 4.99 Å². The number of hydrogen-bond acceptors (Lipinski definition) is 3. The van der Waals surface area contributed by atoms with Crippen LogP contribution in [-0.2, 0) is 6.54 Å². The lowest BCUT2D eigenvalue weighted by Gasteiger charge is -2.03. The molecule has 0 aliphatic heterocycles. The SMILES string of the molecule is CCn1c(=NC(=O)c2ccc(C(=O)c3ccccc3)cc2)sc2cccc(Cl)c21. The number of thiazole rings is 1. The van der Waals surface area contributed by atoms with Gasteiger partial charge in [-0.1, -0.05) is 71.5 Å². The molecule has 0 fully saturated rings. The molecular weight excluding hydrogens is 404 g/mol. The van der Waals surface area contributed by atoms with Gasteiger partial charge in [0, 0.05) is 23.2 Å². The summed E-state index contributed by atoms with van der Waals surface area (Å²) in [7, 11) is 0. The molecule has 0 unspecified atom stereocenters. The molecule has 4 rings (SSSR count). The van der Waals surface area contributed by atoms with Crippen molar-refractivity contribution in [3.05, 3.63) is 99.3 Å². The molecule has 1 amide bonds. The zero-order valence-corrected chi connectivity index (χ0v) is 17.2. The van der Waals surface area contributed by atoms with Crippen molar-refractivity contribution in [1.29, 1.82) is 0 Å². The van der Waals surface area contributed by atoms with Crippen LogP contribution in [0.25, 0.3) is 10.2 Å². The third kappa shape index (κ3) is 3.79. The van der Waals surface area contributed by atoms with E-state index in [0.29, 0.717) is 33.1 Å². The van der Waals surface area contributed by atoms with E-state index in [0.717, 1.165) is 10.2 Å². The minimum absolute atomic E-state index is 0.0792. The Morgan fingerprint density at radius 3 is 2.24 bits per heavy atom. The number of hydrogen-bond donors (Lipinski definition) is 0. The van der Waals surface area contributed by atoms with Crippen LogP contribution in [0.3, 0.4) is 0 Å². The summed E-state index contributed by atoms with van der Waals surface area (Å²) in [6.45, 7) is 2.64. The van der Waals surface area contributed by atoms with Crippen LogP contribution in [0.2, 0.25) is 5.02 Å². The fourth-order valence-electron chi connectivity index (χ4n) is 3.14. The molecule has 1 heterocycles. The van der Waals surface area contributed by atoms with E-state index in [1.807, 2.05) is 47.9 Å². The molecule has 4 aromatic rings. The maximum Gasteiger partial charge on any atom is 0.279 e. The highest BCUT2D eigenvalue weighted by Gasteiger charge is 2.12. The van der Waals surface area contributed by atoms with E-state index in [2.05, 4.69) is 4.99 Å². The average Bonchev–Trinajstić information content (AvgIpc) is 3.12. The molecule has 0 radical (unpaired) electrons. The van der Waals surface area contributed by atoms with Crippen molar-refractivity contribution in [3.63, 3.8) is 0 Å². The summed E-state index contributed by atoms with van der Waals surface area (Å²) in [4.78, 5) is 30.1. The number of carbonyl (C=O) groups is 2.